The van der Waals surface area contributed by atoms with Gasteiger partial charge in [0.2, 0.25) is 5.95 Å². The quantitative estimate of drug-likeness (QED) is 0.270. The zero-order valence-electron chi connectivity index (χ0n) is 21.2. The maximum absolute atomic E-state index is 13.7. The van der Waals surface area contributed by atoms with Gasteiger partial charge in [-0.25, -0.2) is 9.97 Å². The lowest BCUT2D eigenvalue weighted by Crippen LogP contribution is -2.29. The summed E-state index contributed by atoms with van der Waals surface area (Å²) in [6.45, 7) is 0.783. The Kier molecular flexibility index (Phi) is 7.30. The topological polar surface area (TPSA) is 70.3 Å². The lowest BCUT2D eigenvalue weighted by atomic mass is 10.1. The zero-order valence-corrected chi connectivity index (χ0v) is 21.2. The maximum atomic E-state index is 13.7. The summed E-state index contributed by atoms with van der Waals surface area (Å²) in [5, 5.41) is 3.10. The average Bonchev–Trinajstić information content (AvgIpc) is 3.32. The van der Waals surface area contributed by atoms with Crippen LogP contribution in [-0.2, 0) is 31.7 Å². The number of aromatic nitrogens is 3. The van der Waals surface area contributed by atoms with E-state index in [1.807, 2.05) is 0 Å². The molecule has 1 aliphatic heterocycles. The first kappa shape index (κ1) is 27.3. The molecule has 13 heteroatoms. The minimum atomic E-state index is -4.57. The standard InChI is InChI=1S/C27H24F6N6O/c1-38(16-19-4-3-15-40-19)25-36-22-11-14-39(24-21(27(31,32)33)5-2-12-34-24)13-10-20(22)23(37-25)35-18-8-6-17(7-9-18)26(28,29)30/h2-9,12,15H,10-11,13-14,16H2,1H3,(H,35,36,37). The van der Waals surface area contributed by atoms with Crippen LogP contribution in [0.1, 0.15) is 28.1 Å². The van der Waals surface area contributed by atoms with E-state index in [1.165, 1.54) is 24.4 Å². The monoisotopic (exact) mass is 562 g/mol. The van der Waals surface area contributed by atoms with Gasteiger partial charge in [0.1, 0.15) is 17.4 Å². The normalized spacial score (nSPS) is 14.0. The lowest BCUT2D eigenvalue weighted by molar-refractivity contribution is -0.138. The Labute approximate surface area is 225 Å². The van der Waals surface area contributed by atoms with Gasteiger partial charge in [-0.2, -0.15) is 31.3 Å². The molecule has 0 atom stereocenters. The third kappa shape index (κ3) is 5.97. The minimum absolute atomic E-state index is 0.164. The van der Waals surface area contributed by atoms with E-state index < -0.39 is 23.5 Å². The summed E-state index contributed by atoms with van der Waals surface area (Å²) in [5.74, 6) is 1.19. The average molecular weight is 563 g/mol. The van der Waals surface area contributed by atoms with Crippen molar-refractivity contribution in [2.45, 2.75) is 31.7 Å². The fourth-order valence-electron chi connectivity index (χ4n) is 4.53. The van der Waals surface area contributed by atoms with Crippen LogP contribution in [0.15, 0.2) is 65.4 Å². The Balaban J connectivity index is 1.48. The maximum Gasteiger partial charge on any atom is 0.419 e. The van der Waals surface area contributed by atoms with Gasteiger partial charge in [-0.1, -0.05) is 0 Å². The highest BCUT2D eigenvalue weighted by atomic mass is 19.4. The van der Waals surface area contributed by atoms with Crippen LogP contribution in [-0.4, -0.2) is 35.1 Å². The first-order valence-corrected chi connectivity index (χ1v) is 12.3. The van der Waals surface area contributed by atoms with Crippen LogP contribution in [0.2, 0.25) is 0 Å². The molecule has 0 radical (unpaired) electrons. The second kappa shape index (κ2) is 10.7. The Bertz CT molecular complexity index is 1450. The number of nitrogens with zero attached hydrogens (tertiary/aromatic N) is 5. The zero-order chi connectivity index (χ0) is 28.5. The second-order valence-electron chi connectivity index (χ2n) is 9.29. The number of nitrogens with one attached hydrogen (secondary N) is 1. The molecule has 5 rings (SSSR count). The number of alkyl halides is 6. The highest BCUT2D eigenvalue weighted by Crippen LogP contribution is 2.37. The molecule has 0 bridgehead atoms. The summed E-state index contributed by atoms with van der Waals surface area (Å²) < 4.78 is 85.7. The lowest BCUT2D eigenvalue weighted by Gasteiger charge is -2.24. The van der Waals surface area contributed by atoms with Gasteiger partial charge in [0.25, 0.3) is 0 Å². The smallest absolute Gasteiger partial charge is 0.419 e. The SMILES string of the molecule is CN(Cc1ccco1)c1nc2c(c(Nc3ccc(C(F)(F)F)cc3)n1)CCN(c1ncccc1C(F)(F)F)CC2. The molecule has 1 N–H and O–H groups in total. The van der Waals surface area contributed by atoms with Crippen molar-refractivity contribution in [3.63, 3.8) is 0 Å². The van der Waals surface area contributed by atoms with E-state index in [0.717, 1.165) is 18.2 Å². The molecule has 210 valence electrons. The first-order valence-electron chi connectivity index (χ1n) is 12.3. The molecular formula is C27H24F6N6O. The second-order valence-corrected chi connectivity index (χ2v) is 9.29. The Morgan fingerprint density at radius 3 is 2.35 bits per heavy atom. The molecule has 0 spiro atoms. The molecule has 0 fully saturated rings. The summed E-state index contributed by atoms with van der Waals surface area (Å²) in [5.41, 5.74) is 0.0531. The fraction of sp³-hybridized carbons (Fsp3) is 0.296. The van der Waals surface area contributed by atoms with Crippen molar-refractivity contribution in [1.29, 1.82) is 0 Å². The van der Waals surface area contributed by atoms with Gasteiger partial charge in [0.15, 0.2) is 0 Å². The van der Waals surface area contributed by atoms with Gasteiger partial charge in [-0.15, -0.1) is 0 Å². The van der Waals surface area contributed by atoms with Crippen LogP contribution in [0.3, 0.4) is 0 Å². The molecule has 4 aromatic rings. The number of anilines is 4. The Hall–Kier alpha value is -4.29. The number of benzene rings is 1. The largest absolute Gasteiger partial charge is 0.467 e. The molecule has 7 nitrogen and oxygen atoms in total. The van der Waals surface area contributed by atoms with Gasteiger partial charge in [0, 0.05) is 44.0 Å². The van der Waals surface area contributed by atoms with Crippen LogP contribution in [0.25, 0.3) is 0 Å². The van der Waals surface area contributed by atoms with E-state index in [2.05, 4.69) is 15.3 Å². The number of fused-ring (bicyclic) bond motifs is 1. The highest BCUT2D eigenvalue weighted by molar-refractivity contribution is 5.63. The fourth-order valence-corrected chi connectivity index (χ4v) is 4.53. The molecule has 4 heterocycles. The predicted molar refractivity (Wildman–Crippen MR) is 136 cm³/mol. The minimum Gasteiger partial charge on any atom is -0.467 e. The van der Waals surface area contributed by atoms with Crippen molar-refractivity contribution in [1.82, 2.24) is 15.0 Å². The van der Waals surface area contributed by atoms with Crippen LogP contribution in [0.4, 0.5) is 49.6 Å². The van der Waals surface area contributed by atoms with Crippen molar-refractivity contribution in [2.24, 2.45) is 0 Å². The van der Waals surface area contributed by atoms with Crippen LogP contribution in [0.5, 0.6) is 0 Å². The molecular weight excluding hydrogens is 538 g/mol. The van der Waals surface area contributed by atoms with Crippen molar-refractivity contribution in [2.75, 3.05) is 35.3 Å². The summed E-state index contributed by atoms with van der Waals surface area (Å²) in [7, 11) is 1.76. The van der Waals surface area contributed by atoms with Gasteiger partial charge >= 0.3 is 12.4 Å². The summed E-state index contributed by atoms with van der Waals surface area (Å²) in [6.07, 6.45) is -5.60. The van der Waals surface area contributed by atoms with E-state index in [-0.39, 0.29) is 25.3 Å². The van der Waals surface area contributed by atoms with E-state index in [9.17, 15) is 26.3 Å². The summed E-state index contributed by atoms with van der Waals surface area (Å²) in [6, 6.07) is 10.3. The van der Waals surface area contributed by atoms with E-state index in [0.29, 0.717) is 47.4 Å². The molecule has 0 unspecified atom stereocenters. The van der Waals surface area contributed by atoms with Crippen molar-refractivity contribution >= 4 is 23.3 Å². The Morgan fingerprint density at radius 2 is 1.68 bits per heavy atom. The van der Waals surface area contributed by atoms with Gasteiger partial charge < -0.3 is 19.5 Å². The number of hydrogen-bond acceptors (Lipinski definition) is 7. The molecule has 3 aromatic heterocycles. The van der Waals surface area contributed by atoms with Gasteiger partial charge in [0.05, 0.1) is 29.6 Å². The molecule has 40 heavy (non-hydrogen) atoms. The molecule has 0 saturated carbocycles. The van der Waals surface area contributed by atoms with Crippen molar-refractivity contribution < 1.29 is 30.8 Å². The first-order chi connectivity index (χ1) is 19.0. The highest BCUT2D eigenvalue weighted by Gasteiger charge is 2.36. The third-order valence-corrected chi connectivity index (χ3v) is 6.51. The van der Waals surface area contributed by atoms with E-state index in [1.54, 1.807) is 35.2 Å². The molecule has 1 aromatic carbocycles. The number of halogens is 6. The number of rotatable bonds is 6. The van der Waals surface area contributed by atoms with Crippen LogP contribution >= 0.6 is 0 Å². The van der Waals surface area contributed by atoms with E-state index >= 15 is 0 Å². The third-order valence-electron chi connectivity index (χ3n) is 6.51. The summed E-state index contributed by atoms with van der Waals surface area (Å²) >= 11 is 0. The predicted octanol–water partition coefficient (Wildman–Crippen LogP) is 6.49. The van der Waals surface area contributed by atoms with Crippen molar-refractivity contribution in [3.8, 4) is 0 Å². The van der Waals surface area contributed by atoms with E-state index in [4.69, 9.17) is 9.40 Å². The number of hydrogen-bond donors (Lipinski definition) is 1. The number of furan rings is 1. The molecule has 1 aliphatic rings. The summed E-state index contributed by atoms with van der Waals surface area (Å²) in [4.78, 5) is 16.7. The molecule has 0 amide bonds. The van der Waals surface area contributed by atoms with Crippen molar-refractivity contribution in [3.05, 3.63) is 89.1 Å². The van der Waals surface area contributed by atoms with Gasteiger partial charge in [-0.3, -0.25) is 0 Å². The Morgan fingerprint density at radius 1 is 0.925 bits per heavy atom. The van der Waals surface area contributed by atoms with Gasteiger partial charge in [-0.05, 0) is 55.0 Å². The van der Waals surface area contributed by atoms with Crippen LogP contribution in [0, 0.1) is 0 Å². The molecule has 0 saturated heterocycles. The number of pyridine rings is 1. The van der Waals surface area contributed by atoms with Crippen LogP contribution < -0.4 is 15.1 Å². The molecule has 0 aliphatic carbocycles.